The summed E-state index contributed by atoms with van der Waals surface area (Å²) in [5, 5.41) is 1.46. The Morgan fingerprint density at radius 2 is 1.81 bits per heavy atom. The quantitative estimate of drug-likeness (QED) is 0.633. The fourth-order valence-corrected chi connectivity index (χ4v) is 2.92. The molecule has 1 aromatic heterocycles. The van der Waals surface area contributed by atoms with Gasteiger partial charge in [0.25, 0.3) is 5.91 Å². The molecule has 6 heteroatoms. The Labute approximate surface area is 163 Å². The van der Waals surface area contributed by atoms with E-state index in [1.165, 1.54) is 0 Å². The number of benzene rings is 2. The molecule has 0 aliphatic heterocycles. The Bertz CT molecular complexity index is 958. The van der Waals surface area contributed by atoms with Crippen LogP contribution in [0.1, 0.15) is 16.1 Å². The number of pyridine rings is 1. The van der Waals surface area contributed by atoms with Crippen molar-refractivity contribution >= 4 is 28.4 Å². The number of rotatable bonds is 6. The molecule has 3 aromatic rings. The molecule has 0 unspecified atom stereocenters. The van der Waals surface area contributed by atoms with Crippen LogP contribution in [0, 0.1) is 6.92 Å². The molecule has 0 saturated heterocycles. The number of methoxy groups -OCH3 is 1. The molecular weight excluding hydrogens is 364 g/mol. The van der Waals surface area contributed by atoms with E-state index < -0.39 is 0 Å². The van der Waals surface area contributed by atoms with Crippen LogP contribution in [0.4, 0.5) is 0 Å². The first-order valence-corrected chi connectivity index (χ1v) is 8.95. The molecule has 0 radical (unpaired) electrons. The van der Waals surface area contributed by atoms with Gasteiger partial charge in [-0.15, -0.1) is 0 Å². The van der Waals surface area contributed by atoms with Crippen molar-refractivity contribution in [2.24, 2.45) is 0 Å². The monoisotopic (exact) mass is 384 g/mol. The third kappa shape index (κ3) is 4.49. The second-order valence-corrected chi connectivity index (χ2v) is 6.65. The standard InChI is InChI=1S/C21H21ClN2O3/c1-14-19(13-15-12-16(22)4-9-20(15)23-14)21(25)24(2)10-11-27-18-7-5-17(26-3)6-8-18/h4-9,12-13H,10-11H2,1-3H3. The van der Waals surface area contributed by atoms with Gasteiger partial charge in [0.2, 0.25) is 0 Å². The number of aryl methyl sites for hydroxylation is 1. The summed E-state index contributed by atoms with van der Waals surface area (Å²) in [7, 11) is 3.37. The molecule has 0 aliphatic carbocycles. The molecule has 140 valence electrons. The van der Waals surface area contributed by atoms with Crippen molar-refractivity contribution in [3.8, 4) is 11.5 Å². The van der Waals surface area contributed by atoms with Gasteiger partial charge in [0.15, 0.2) is 0 Å². The van der Waals surface area contributed by atoms with Crippen LogP contribution >= 0.6 is 11.6 Å². The molecular formula is C21H21ClN2O3. The number of likely N-dealkylation sites (N-methyl/N-ethyl adjacent to an activating group) is 1. The first-order valence-electron chi connectivity index (χ1n) is 8.57. The molecule has 0 atom stereocenters. The molecule has 0 aliphatic rings. The van der Waals surface area contributed by atoms with Gasteiger partial charge in [-0.2, -0.15) is 0 Å². The summed E-state index contributed by atoms with van der Waals surface area (Å²) in [5.74, 6) is 1.41. The number of hydrogen-bond acceptors (Lipinski definition) is 4. The zero-order chi connectivity index (χ0) is 19.4. The van der Waals surface area contributed by atoms with Crippen LogP contribution in [0.3, 0.4) is 0 Å². The number of aromatic nitrogens is 1. The smallest absolute Gasteiger partial charge is 0.255 e. The van der Waals surface area contributed by atoms with Gasteiger partial charge in [0, 0.05) is 17.5 Å². The molecule has 0 fully saturated rings. The number of fused-ring (bicyclic) bond motifs is 1. The summed E-state index contributed by atoms with van der Waals surface area (Å²) in [5.41, 5.74) is 2.08. The second kappa shape index (κ2) is 8.27. The van der Waals surface area contributed by atoms with Gasteiger partial charge < -0.3 is 14.4 Å². The van der Waals surface area contributed by atoms with Crippen molar-refractivity contribution in [3.63, 3.8) is 0 Å². The summed E-state index contributed by atoms with van der Waals surface area (Å²) in [6, 6.07) is 14.6. The lowest BCUT2D eigenvalue weighted by Gasteiger charge is -2.19. The second-order valence-electron chi connectivity index (χ2n) is 6.21. The minimum Gasteiger partial charge on any atom is -0.497 e. The largest absolute Gasteiger partial charge is 0.497 e. The van der Waals surface area contributed by atoms with Crippen molar-refractivity contribution < 1.29 is 14.3 Å². The number of carbonyl (C=O) groups excluding carboxylic acids is 1. The number of halogens is 1. The van der Waals surface area contributed by atoms with Gasteiger partial charge in [-0.1, -0.05) is 11.6 Å². The maximum atomic E-state index is 12.8. The van der Waals surface area contributed by atoms with E-state index in [0.717, 1.165) is 22.4 Å². The van der Waals surface area contributed by atoms with E-state index in [2.05, 4.69) is 4.98 Å². The Balaban J connectivity index is 1.65. The van der Waals surface area contributed by atoms with Crippen LogP contribution in [-0.4, -0.2) is 43.1 Å². The maximum absolute atomic E-state index is 12.8. The third-order valence-electron chi connectivity index (χ3n) is 4.30. The Kier molecular flexibility index (Phi) is 5.81. The van der Waals surface area contributed by atoms with Crippen molar-refractivity contribution in [2.75, 3.05) is 27.3 Å². The van der Waals surface area contributed by atoms with Gasteiger partial charge in [-0.3, -0.25) is 9.78 Å². The molecule has 0 spiro atoms. The highest BCUT2D eigenvalue weighted by Crippen LogP contribution is 2.21. The van der Waals surface area contributed by atoms with Gasteiger partial charge in [0.1, 0.15) is 18.1 Å². The number of ether oxygens (including phenoxy) is 2. The van der Waals surface area contributed by atoms with E-state index in [0.29, 0.717) is 29.4 Å². The average Bonchev–Trinajstić information content (AvgIpc) is 2.67. The predicted octanol–water partition coefficient (Wildman–Crippen LogP) is 4.36. The summed E-state index contributed by atoms with van der Waals surface area (Å²) < 4.78 is 10.8. The molecule has 0 saturated carbocycles. The summed E-state index contributed by atoms with van der Waals surface area (Å²) >= 11 is 6.05. The van der Waals surface area contributed by atoms with E-state index in [1.54, 1.807) is 25.1 Å². The number of hydrogen-bond donors (Lipinski definition) is 0. The van der Waals surface area contributed by atoms with Crippen LogP contribution in [-0.2, 0) is 0 Å². The summed E-state index contributed by atoms with van der Waals surface area (Å²) in [6.45, 7) is 2.68. The van der Waals surface area contributed by atoms with E-state index in [-0.39, 0.29) is 5.91 Å². The first kappa shape index (κ1) is 19.0. The topological polar surface area (TPSA) is 51.7 Å². The van der Waals surface area contributed by atoms with Gasteiger partial charge >= 0.3 is 0 Å². The maximum Gasteiger partial charge on any atom is 0.255 e. The summed E-state index contributed by atoms with van der Waals surface area (Å²) in [6.07, 6.45) is 0. The van der Waals surface area contributed by atoms with Crippen molar-refractivity contribution in [3.05, 3.63) is 64.8 Å². The van der Waals surface area contributed by atoms with Crippen molar-refractivity contribution in [1.29, 1.82) is 0 Å². The SMILES string of the molecule is COc1ccc(OCCN(C)C(=O)c2cc3cc(Cl)ccc3nc2C)cc1. The van der Waals surface area contributed by atoms with Crippen molar-refractivity contribution in [1.82, 2.24) is 9.88 Å². The fourth-order valence-electron chi connectivity index (χ4n) is 2.74. The molecule has 27 heavy (non-hydrogen) atoms. The Morgan fingerprint density at radius 3 is 2.52 bits per heavy atom. The molecule has 0 bridgehead atoms. The molecule has 3 rings (SSSR count). The lowest BCUT2D eigenvalue weighted by molar-refractivity contribution is 0.0773. The van der Waals surface area contributed by atoms with Crippen LogP contribution in [0.15, 0.2) is 48.5 Å². The number of nitrogens with zero attached hydrogens (tertiary/aromatic N) is 2. The highest BCUT2D eigenvalue weighted by atomic mass is 35.5. The van der Waals surface area contributed by atoms with Crippen LogP contribution in [0.5, 0.6) is 11.5 Å². The third-order valence-corrected chi connectivity index (χ3v) is 4.53. The molecule has 1 heterocycles. The number of carbonyl (C=O) groups is 1. The molecule has 2 aromatic carbocycles. The fraction of sp³-hybridized carbons (Fsp3) is 0.238. The normalized spacial score (nSPS) is 10.7. The van der Waals surface area contributed by atoms with Gasteiger partial charge in [0.05, 0.1) is 30.4 Å². The molecule has 1 amide bonds. The van der Waals surface area contributed by atoms with E-state index in [4.69, 9.17) is 21.1 Å². The summed E-state index contributed by atoms with van der Waals surface area (Å²) in [4.78, 5) is 18.9. The van der Waals surface area contributed by atoms with E-state index >= 15 is 0 Å². The van der Waals surface area contributed by atoms with Crippen LogP contribution < -0.4 is 9.47 Å². The zero-order valence-electron chi connectivity index (χ0n) is 15.5. The average molecular weight is 385 g/mol. The number of amides is 1. The minimum absolute atomic E-state index is 0.0970. The predicted molar refractivity (Wildman–Crippen MR) is 107 cm³/mol. The lowest BCUT2D eigenvalue weighted by Crippen LogP contribution is -2.31. The van der Waals surface area contributed by atoms with E-state index in [9.17, 15) is 4.79 Å². The Morgan fingerprint density at radius 1 is 1.11 bits per heavy atom. The molecule has 0 N–H and O–H groups in total. The van der Waals surface area contributed by atoms with Crippen LogP contribution in [0.2, 0.25) is 5.02 Å². The van der Waals surface area contributed by atoms with Crippen LogP contribution in [0.25, 0.3) is 10.9 Å². The highest BCUT2D eigenvalue weighted by Gasteiger charge is 2.16. The lowest BCUT2D eigenvalue weighted by atomic mass is 10.1. The van der Waals surface area contributed by atoms with Gasteiger partial charge in [-0.25, -0.2) is 0 Å². The first-order chi connectivity index (χ1) is 13.0. The highest BCUT2D eigenvalue weighted by molar-refractivity contribution is 6.31. The molecule has 5 nitrogen and oxygen atoms in total. The Hall–Kier alpha value is -2.79. The minimum atomic E-state index is -0.0970. The van der Waals surface area contributed by atoms with Gasteiger partial charge in [-0.05, 0) is 55.5 Å². The van der Waals surface area contributed by atoms with Crippen molar-refractivity contribution in [2.45, 2.75) is 6.92 Å². The van der Waals surface area contributed by atoms with E-state index in [1.807, 2.05) is 49.4 Å². The zero-order valence-corrected chi connectivity index (χ0v) is 16.3.